The van der Waals surface area contributed by atoms with Gasteiger partial charge in [0.15, 0.2) is 5.82 Å². The number of carbonyl (C=O) groups excluding carboxylic acids is 2. The highest BCUT2D eigenvalue weighted by Gasteiger charge is 2.67. The van der Waals surface area contributed by atoms with Crippen LogP contribution in [0.1, 0.15) is 31.1 Å². The Kier molecular flexibility index (Phi) is 3.93. The number of carbonyl (C=O) groups is 2. The summed E-state index contributed by atoms with van der Waals surface area (Å²) in [5.41, 5.74) is 1.14. The summed E-state index contributed by atoms with van der Waals surface area (Å²) in [6, 6.07) is 9.53. The van der Waals surface area contributed by atoms with E-state index in [1.807, 2.05) is 36.4 Å². The molecule has 1 spiro atoms. The lowest BCUT2D eigenvalue weighted by atomic mass is 9.76. The number of aromatic nitrogens is 1. The van der Waals surface area contributed by atoms with Crippen molar-refractivity contribution in [3.05, 3.63) is 53.8 Å². The maximum Gasteiger partial charge on any atom is 0.235 e. The first-order valence-electron chi connectivity index (χ1n) is 9.91. The largest absolute Gasteiger partial charge is 0.360 e. The van der Waals surface area contributed by atoms with Crippen molar-refractivity contribution in [2.75, 3.05) is 16.8 Å². The lowest BCUT2D eigenvalue weighted by Gasteiger charge is -2.23. The molecule has 5 rings (SSSR count). The van der Waals surface area contributed by atoms with Gasteiger partial charge in [0.1, 0.15) is 11.4 Å². The van der Waals surface area contributed by atoms with E-state index in [1.165, 1.54) is 5.56 Å². The Morgan fingerprint density at radius 2 is 2.07 bits per heavy atom. The Morgan fingerprint density at radius 3 is 2.72 bits per heavy atom. The Balaban J connectivity index is 1.39. The number of anilines is 2. The molecule has 150 valence electrons. The zero-order valence-electron chi connectivity index (χ0n) is 16.6. The van der Waals surface area contributed by atoms with Gasteiger partial charge in [-0.1, -0.05) is 43.3 Å². The van der Waals surface area contributed by atoms with Gasteiger partial charge in [0.25, 0.3) is 0 Å². The molecule has 2 fully saturated rings. The molecule has 2 amide bonds. The summed E-state index contributed by atoms with van der Waals surface area (Å²) in [4.78, 5) is 27.9. The van der Waals surface area contributed by atoms with Crippen LogP contribution in [-0.4, -0.2) is 35.2 Å². The molecule has 7 nitrogen and oxygen atoms in total. The molecule has 0 radical (unpaired) electrons. The predicted molar refractivity (Wildman–Crippen MR) is 106 cm³/mol. The Hall–Kier alpha value is -2.93. The smallest absolute Gasteiger partial charge is 0.235 e. The monoisotopic (exact) mass is 393 g/mol. The first-order valence-corrected chi connectivity index (χ1v) is 9.91. The van der Waals surface area contributed by atoms with Gasteiger partial charge < -0.3 is 14.6 Å². The number of hydrogen-bond donors (Lipinski definition) is 1. The van der Waals surface area contributed by atoms with Crippen LogP contribution in [0.5, 0.6) is 0 Å². The van der Waals surface area contributed by atoms with Crippen LogP contribution in [0.3, 0.4) is 0 Å². The van der Waals surface area contributed by atoms with Gasteiger partial charge in [-0.25, -0.2) is 0 Å². The van der Waals surface area contributed by atoms with Crippen molar-refractivity contribution in [1.29, 1.82) is 0 Å². The van der Waals surface area contributed by atoms with E-state index in [0.717, 1.165) is 5.69 Å². The molecule has 4 atom stereocenters. The quantitative estimate of drug-likeness (QED) is 0.807. The summed E-state index contributed by atoms with van der Waals surface area (Å²) in [5.74, 6) is 0.0172. The van der Waals surface area contributed by atoms with E-state index >= 15 is 0 Å². The zero-order chi connectivity index (χ0) is 20.3. The highest BCUT2D eigenvalue weighted by molar-refractivity contribution is 6.05. The number of fused-ring (bicyclic) bond motifs is 1. The van der Waals surface area contributed by atoms with Crippen molar-refractivity contribution in [3.63, 3.8) is 0 Å². The van der Waals surface area contributed by atoms with Crippen LogP contribution >= 0.6 is 0 Å². The molecular weight excluding hydrogens is 370 g/mol. The van der Waals surface area contributed by atoms with Crippen molar-refractivity contribution < 1.29 is 18.8 Å². The van der Waals surface area contributed by atoms with Gasteiger partial charge in [-0.3, -0.25) is 14.5 Å². The standard InChI is InChI=1S/C22H23N3O4/c1-12(2)14-4-6-15(7-5-14)23-20(26)18-16-8-9-22(28-16)11-25(21(27)19(18)22)17-10-13(3)29-24-17/h4-10,12,16,18-19H,11H2,1-3H3,(H,23,26)/t16-,18?,19?,22?/m1/s1. The van der Waals surface area contributed by atoms with Crippen molar-refractivity contribution in [2.45, 2.75) is 38.4 Å². The molecule has 4 heterocycles. The number of aryl methyl sites for hydroxylation is 1. The number of nitrogens with one attached hydrogen (secondary N) is 1. The molecule has 29 heavy (non-hydrogen) atoms. The van der Waals surface area contributed by atoms with Crippen LogP contribution in [-0.2, 0) is 14.3 Å². The lowest BCUT2D eigenvalue weighted by Crippen LogP contribution is -2.41. The minimum Gasteiger partial charge on any atom is -0.360 e. The molecule has 0 saturated carbocycles. The van der Waals surface area contributed by atoms with Crippen molar-refractivity contribution in [3.8, 4) is 0 Å². The van der Waals surface area contributed by atoms with Crippen LogP contribution in [0.15, 0.2) is 47.0 Å². The number of benzene rings is 1. The second-order valence-corrected chi connectivity index (χ2v) is 8.39. The van der Waals surface area contributed by atoms with Gasteiger partial charge in [-0.05, 0) is 30.5 Å². The highest BCUT2D eigenvalue weighted by atomic mass is 16.5. The van der Waals surface area contributed by atoms with Gasteiger partial charge in [-0.15, -0.1) is 0 Å². The number of ether oxygens (including phenoxy) is 1. The van der Waals surface area contributed by atoms with Crippen molar-refractivity contribution in [1.82, 2.24) is 5.16 Å². The molecule has 2 bridgehead atoms. The molecule has 1 N–H and O–H groups in total. The summed E-state index contributed by atoms with van der Waals surface area (Å²) in [6.45, 7) is 6.36. The summed E-state index contributed by atoms with van der Waals surface area (Å²) in [5, 5.41) is 6.93. The van der Waals surface area contributed by atoms with E-state index in [9.17, 15) is 9.59 Å². The van der Waals surface area contributed by atoms with E-state index in [4.69, 9.17) is 9.26 Å². The number of hydrogen-bond acceptors (Lipinski definition) is 5. The highest BCUT2D eigenvalue weighted by Crippen LogP contribution is 2.52. The third-order valence-corrected chi connectivity index (χ3v) is 6.14. The van der Waals surface area contributed by atoms with E-state index in [1.54, 1.807) is 17.9 Å². The van der Waals surface area contributed by atoms with Crippen LogP contribution < -0.4 is 10.2 Å². The van der Waals surface area contributed by atoms with Crippen LogP contribution in [0.2, 0.25) is 0 Å². The molecule has 0 aliphatic carbocycles. The van der Waals surface area contributed by atoms with E-state index in [0.29, 0.717) is 24.0 Å². The summed E-state index contributed by atoms with van der Waals surface area (Å²) in [7, 11) is 0. The average molecular weight is 393 g/mol. The number of nitrogens with zero attached hydrogens (tertiary/aromatic N) is 2. The fourth-order valence-corrected chi connectivity index (χ4v) is 4.65. The Bertz CT molecular complexity index is 1010. The van der Waals surface area contributed by atoms with Gasteiger partial charge >= 0.3 is 0 Å². The van der Waals surface area contributed by atoms with Gasteiger partial charge in [0, 0.05) is 11.8 Å². The molecule has 2 aromatic rings. The first-order chi connectivity index (χ1) is 13.9. The zero-order valence-corrected chi connectivity index (χ0v) is 16.6. The van der Waals surface area contributed by atoms with Crippen molar-refractivity contribution in [2.24, 2.45) is 11.8 Å². The molecule has 3 unspecified atom stereocenters. The molecular formula is C22H23N3O4. The maximum atomic E-state index is 13.2. The third-order valence-electron chi connectivity index (χ3n) is 6.14. The van der Waals surface area contributed by atoms with Crippen LogP contribution in [0.25, 0.3) is 0 Å². The van der Waals surface area contributed by atoms with E-state index < -0.39 is 17.4 Å². The fourth-order valence-electron chi connectivity index (χ4n) is 4.65. The summed E-state index contributed by atoms with van der Waals surface area (Å²) >= 11 is 0. The Labute approximate surface area is 168 Å². The normalized spacial score (nSPS) is 29.7. The second kappa shape index (κ2) is 6.29. The molecule has 7 heteroatoms. The second-order valence-electron chi connectivity index (χ2n) is 8.39. The Morgan fingerprint density at radius 1 is 1.31 bits per heavy atom. The lowest BCUT2D eigenvalue weighted by molar-refractivity contribution is -0.128. The SMILES string of the molecule is Cc1cc(N2CC34C=C[C@@H](O3)C(C(=O)Nc3ccc(C(C)C)cc3)C4C2=O)no1. The molecule has 2 saturated heterocycles. The molecule has 3 aliphatic heterocycles. The van der Waals surface area contributed by atoms with Gasteiger partial charge in [-0.2, -0.15) is 0 Å². The summed E-state index contributed by atoms with van der Waals surface area (Å²) in [6.07, 6.45) is 3.43. The molecule has 1 aromatic heterocycles. The molecule has 1 aromatic carbocycles. The fraction of sp³-hybridized carbons (Fsp3) is 0.409. The number of rotatable bonds is 4. The topological polar surface area (TPSA) is 84.7 Å². The first kappa shape index (κ1) is 18.1. The summed E-state index contributed by atoms with van der Waals surface area (Å²) < 4.78 is 11.3. The van der Waals surface area contributed by atoms with Gasteiger partial charge in [0.2, 0.25) is 11.8 Å². The van der Waals surface area contributed by atoms with E-state index in [2.05, 4.69) is 24.3 Å². The van der Waals surface area contributed by atoms with Crippen LogP contribution in [0, 0.1) is 18.8 Å². The average Bonchev–Trinajstić information content (AvgIpc) is 3.43. The minimum absolute atomic E-state index is 0.152. The third kappa shape index (κ3) is 2.72. The molecule has 3 aliphatic rings. The van der Waals surface area contributed by atoms with Crippen LogP contribution in [0.4, 0.5) is 11.5 Å². The van der Waals surface area contributed by atoms with Gasteiger partial charge in [0.05, 0.1) is 24.5 Å². The van der Waals surface area contributed by atoms with Crippen molar-refractivity contribution >= 4 is 23.3 Å². The van der Waals surface area contributed by atoms with E-state index in [-0.39, 0.29) is 17.9 Å². The maximum absolute atomic E-state index is 13.2. The minimum atomic E-state index is -0.780. The predicted octanol–water partition coefficient (Wildman–Crippen LogP) is 3.03. The number of amides is 2.